The molecule has 1 aromatic rings. The molecule has 1 atom stereocenters. The van der Waals surface area contributed by atoms with Crippen LogP contribution in [-0.4, -0.2) is 45.7 Å². The molecule has 1 unspecified atom stereocenters. The lowest BCUT2D eigenvalue weighted by atomic mass is 10.1. The molecule has 2 aliphatic heterocycles. The van der Waals surface area contributed by atoms with E-state index in [0.717, 1.165) is 18.2 Å². The molecule has 0 bridgehead atoms. The minimum atomic E-state index is -0.523. The van der Waals surface area contributed by atoms with Crippen molar-refractivity contribution < 1.29 is 14.2 Å². The van der Waals surface area contributed by atoms with Crippen molar-refractivity contribution in [2.24, 2.45) is 10.9 Å². The van der Waals surface area contributed by atoms with Crippen molar-refractivity contribution in [3.05, 3.63) is 11.9 Å². The van der Waals surface area contributed by atoms with Crippen LogP contribution in [0.5, 0.6) is 0 Å². The van der Waals surface area contributed by atoms with Crippen LogP contribution in [0.15, 0.2) is 11.2 Å². The summed E-state index contributed by atoms with van der Waals surface area (Å²) in [6, 6.07) is -0.829. The van der Waals surface area contributed by atoms with Crippen molar-refractivity contribution in [3.8, 4) is 0 Å². The number of amides is 3. The molecule has 0 aliphatic carbocycles. The second-order valence-corrected chi connectivity index (χ2v) is 6.28. The molecule has 1 saturated heterocycles. The molecule has 0 saturated carbocycles. The Morgan fingerprint density at radius 2 is 2.05 bits per heavy atom. The number of carbonyl (C=O) groups excluding carboxylic acids is 2. The fourth-order valence-corrected chi connectivity index (χ4v) is 3.11. The number of hydrogen-bond donors (Lipinski definition) is 0. The molecule has 118 valence electrons. The minimum Gasteiger partial charge on any atom is -0.270 e. The Balaban J connectivity index is 2.11. The lowest BCUT2D eigenvalue weighted by Gasteiger charge is -2.32. The molecule has 7 heteroatoms. The smallest absolute Gasteiger partial charge is 0.270 e. The first-order valence-corrected chi connectivity index (χ1v) is 7.65. The molecule has 1 aromatic heterocycles. The highest BCUT2D eigenvalue weighted by Crippen LogP contribution is 2.29. The fraction of sp³-hybridized carbons (Fsp3) is 0.600. The van der Waals surface area contributed by atoms with Gasteiger partial charge in [0.1, 0.15) is 11.9 Å². The number of nitrogens with zero attached hydrogens (tertiary/aromatic N) is 5. The van der Waals surface area contributed by atoms with Gasteiger partial charge in [0, 0.05) is 13.6 Å². The van der Waals surface area contributed by atoms with Gasteiger partial charge in [-0.25, -0.2) is 13.9 Å². The van der Waals surface area contributed by atoms with Crippen LogP contribution >= 0.6 is 0 Å². The zero-order chi connectivity index (χ0) is 16.2. The number of aliphatic imine (C=N–C) groups is 1. The van der Waals surface area contributed by atoms with E-state index in [0.29, 0.717) is 18.3 Å². The molecule has 2 aliphatic rings. The maximum absolute atomic E-state index is 12.7. The lowest BCUT2D eigenvalue weighted by molar-refractivity contribution is -0.677. The van der Waals surface area contributed by atoms with E-state index < -0.39 is 6.04 Å². The van der Waals surface area contributed by atoms with Crippen LogP contribution in [0.25, 0.3) is 0 Å². The van der Waals surface area contributed by atoms with Gasteiger partial charge < -0.3 is 0 Å². The molecule has 7 nitrogen and oxygen atoms in total. The monoisotopic (exact) mass is 304 g/mol. The van der Waals surface area contributed by atoms with Gasteiger partial charge in [0.15, 0.2) is 0 Å². The first-order valence-electron chi connectivity index (χ1n) is 7.65. The Kier molecular flexibility index (Phi) is 3.30. The largest absolute Gasteiger partial charge is 0.401 e. The Morgan fingerprint density at radius 1 is 1.36 bits per heavy atom. The number of aromatic nitrogens is 2. The van der Waals surface area contributed by atoms with Gasteiger partial charge in [0.05, 0.1) is 6.54 Å². The Bertz CT molecular complexity index is 688. The highest BCUT2D eigenvalue weighted by molar-refractivity contribution is 6.19. The van der Waals surface area contributed by atoms with Crippen molar-refractivity contribution in [3.63, 3.8) is 0 Å². The van der Waals surface area contributed by atoms with Crippen molar-refractivity contribution >= 4 is 23.7 Å². The third-order valence-electron chi connectivity index (χ3n) is 4.19. The van der Waals surface area contributed by atoms with Crippen molar-refractivity contribution in [2.45, 2.75) is 40.3 Å². The van der Waals surface area contributed by atoms with E-state index in [1.54, 1.807) is 7.05 Å². The quantitative estimate of drug-likeness (QED) is 0.789. The van der Waals surface area contributed by atoms with Crippen molar-refractivity contribution in [2.75, 3.05) is 13.6 Å². The fourth-order valence-electron chi connectivity index (χ4n) is 3.11. The molecule has 0 aromatic carbocycles. The number of urea groups is 1. The van der Waals surface area contributed by atoms with Gasteiger partial charge in [0.2, 0.25) is 11.9 Å². The van der Waals surface area contributed by atoms with Gasteiger partial charge >= 0.3 is 12.0 Å². The summed E-state index contributed by atoms with van der Waals surface area (Å²) in [5, 5.41) is 0. The topological polar surface area (TPSA) is 61.8 Å². The van der Waals surface area contributed by atoms with E-state index in [-0.39, 0.29) is 11.9 Å². The van der Waals surface area contributed by atoms with Gasteiger partial charge in [-0.3, -0.25) is 14.6 Å². The summed E-state index contributed by atoms with van der Waals surface area (Å²) in [6.07, 6.45) is 1.95. The van der Waals surface area contributed by atoms with Crippen LogP contribution in [0.3, 0.4) is 0 Å². The maximum atomic E-state index is 12.7. The number of likely N-dealkylation sites (N-methyl/N-ethyl adjacent to an activating group) is 2. The van der Waals surface area contributed by atoms with Gasteiger partial charge in [0.25, 0.3) is 5.91 Å². The maximum Gasteiger partial charge on any atom is 0.401 e. The SMILES string of the molecule is CCN1C(=O)C2C(=Nc3n(CC(C)C)c(C)c[n+]32)N(C)C1=O. The molecule has 22 heavy (non-hydrogen) atoms. The van der Waals surface area contributed by atoms with Crippen LogP contribution in [-0.2, 0) is 11.3 Å². The standard InChI is InChI=1S/C15H22N5O2/c1-6-18-13(21)11-12(17(5)15(18)22)16-14-19(7-9(2)3)10(4)8-20(11)14/h8-9,11H,6-7H2,1-5H3/q+1. The number of amidine groups is 1. The zero-order valence-electron chi connectivity index (χ0n) is 13.7. The van der Waals surface area contributed by atoms with E-state index in [1.165, 1.54) is 9.80 Å². The first-order chi connectivity index (χ1) is 10.4. The first kappa shape index (κ1) is 14.7. The third-order valence-corrected chi connectivity index (χ3v) is 4.19. The van der Waals surface area contributed by atoms with Crippen LogP contribution in [0, 0.1) is 12.8 Å². The summed E-state index contributed by atoms with van der Waals surface area (Å²) in [5.74, 6) is 1.54. The Morgan fingerprint density at radius 3 is 2.64 bits per heavy atom. The number of imidazole rings is 1. The molecule has 0 radical (unpaired) electrons. The minimum absolute atomic E-state index is 0.199. The number of hydrogen-bond acceptors (Lipinski definition) is 3. The average Bonchev–Trinajstić information content (AvgIpc) is 2.94. The molecule has 1 fully saturated rings. The molecule has 3 amide bonds. The van der Waals surface area contributed by atoms with E-state index in [9.17, 15) is 9.59 Å². The van der Waals surface area contributed by atoms with Crippen LogP contribution in [0.2, 0.25) is 0 Å². The third kappa shape index (κ3) is 1.88. The summed E-state index contributed by atoms with van der Waals surface area (Å²) in [6.45, 7) is 9.31. The predicted molar refractivity (Wildman–Crippen MR) is 80.9 cm³/mol. The summed E-state index contributed by atoms with van der Waals surface area (Å²) < 4.78 is 4.00. The van der Waals surface area contributed by atoms with Gasteiger partial charge in [-0.05, 0) is 19.8 Å². The lowest BCUT2D eigenvalue weighted by Crippen LogP contribution is -2.62. The van der Waals surface area contributed by atoms with Gasteiger partial charge in [-0.15, -0.1) is 0 Å². The van der Waals surface area contributed by atoms with Gasteiger partial charge in [-0.1, -0.05) is 18.8 Å². The number of fused-ring (bicyclic) bond motifs is 3. The summed E-state index contributed by atoms with van der Waals surface area (Å²) >= 11 is 0. The molecular formula is C15H22N5O2+. The Hall–Kier alpha value is -2.18. The number of rotatable bonds is 3. The van der Waals surface area contributed by atoms with Gasteiger partial charge in [-0.2, -0.15) is 0 Å². The van der Waals surface area contributed by atoms with E-state index in [1.807, 2.05) is 24.6 Å². The summed E-state index contributed by atoms with van der Waals surface area (Å²) in [5.41, 5.74) is 1.07. The predicted octanol–water partition coefficient (Wildman–Crippen LogP) is 1.24. The second kappa shape index (κ2) is 4.93. The molecule has 0 spiro atoms. The Labute approximate surface area is 129 Å². The van der Waals surface area contributed by atoms with Crippen LogP contribution in [0.1, 0.15) is 32.5 Å². The second-order valence-electron chi connectivity index (χ2n) is 6.28. The van der Waals surface area contributed by atoms with E-state index >= 15 is 0 Å². The van der Waals surface area contributed by atoms with Crippen LogP contribution < -0.4 is 4.57 Å². The van der Waals surface area contributed by atoms with Crippen molar-refractivity contribution in [1.29, 1.82) is 0 Å². The highest BCUT2D eigenvalue weighted by Gasteiger charge is 2.52. The average molecular weight is 304 g/mol. The van der Waals surface area contributed by atoms with Crippen molar-refractivity contribution in [1.82, 2.24) is 14.4 Å². The zero-order valence-corrected chi connectivity index (χ0v) is 13.7. The molecule has 3 heterocycles. The van der Waals surface area contributed by atoms with E-state index in [2.05, 4.69) is 23.4 Å². The number of carbonyl (C=O) groups is 2. The molecule has 0 N–H and O–H groups in total. The highest BCUT2D eigenvalue weighted by atomic mass is 16.2. The molecule has 3 rings (SSSR count). The summed E-state index contributed by atoms with van der Waals surface area (Å²) in [7, 11) is 1.68. The number of imide groups is 1. The normalized spacial score (nSPS) is 20.6. The summed E-state index contributed by atoms with van der Waals surface area (Å²) in [4.78, 5) is 32.3. The van der Waals surface area contributed by atoms with Crippen LogP contribution in [0.4, 0.5) is 10.7 Å². The number of aryl methyl sites for hydroxylation is 1. The van der Waals surface area contributed by atoms with E-state index in [4.69, 9.17) is 0 Å². The molecular weight excluding hydrogens is 282 g/mol.